The first kappa shape index (κ1) is 14.5. The Kier molecular flexibility index (Phi) is 3.93. The molecule has 0 aliphatic carbocycles. The first-order valence-electron chi connectivity index (χ1n) is 7.22. The molecule has 0 saturated heterocycles. The maximum absolute atomic E-state index is 4.79. The van der Waals surface area contributed by atoms with Crippen LogP contribution in [0.25, 0.3) is 16.5 Å². The van der Waals surface area contributed by atoms with Gasteiger partial charge in [0, 0.05) is 15.4 Å². The second-order valence-electron chi connectivity index (χ2n) is 5.21. The molecule has 112 valence electrons. The summed E-state index contributed by atoms with van der Waals surface area (Å²) in [6.45, 7) is 0. The van der Waals surface area contributed by atoms with Crippen LogP contribution < -0.4 is 0 Å². The molecule has 1 aliphatic heterocycles. The lowest BCUT2D eigenvalue weighted by Crippen LogP contribution is -1.79. The average Bonchev–Trinajstić information content (AvgIpc) is 3.04. The standard InChI is InChI=1S/C19H13BrN2S/c20-17-8-5-15(6-9-17)19-12-23(13-21-19)22-18-10-7-14-3-1-2-4-16(14)11-18/h1-13H. The minimum atomic E-state index is -0.298. The molecule has 2 nitrogen and oxygen atoms in total. The molecule has 0 amide bonds. The Bertz CT molecular complexity index is 972. The van der Waals surface area contributed by atoms with E-state index in [2.05, 4.69) is 80.9 Å². The molecule has 3 aromatic rings. The minimum Gasteiger partial charge on any atom is -0.247 e. The van der Waals surface area contributed by atoms with Gasteiger partial charge in [0.2, 0.25) is 0 Å². The summed E-state index contributed by atoms with van der Waals surface area (Å²) in [5, 5.41) is 4.57. The van der Waals surface area contributed by atoms with Crippen LogP contribution in [0.3, 0.4) is 0 Å². The summed E-state index contributed by atoms with van der Waals surface area (Å²) < 4.78 is 5.87. The lowest BCUT2D eigenvalue weighted by molar-refractivity contribution is 1.52. The zero-order chi connectivity index (χ0) is 15.6. The lowest BCUT2D eigenvalue weighted by Gasteiger charge is -1.99. The number of halogens is 1. The van der Waals surface area contributed by atoms with Gasteiger partial charge in [0.25, 0.3) is 0 Å². The summed E-state index contributed by atoms with van der Waals surface area (Å²) >= 11 is 3.46. The van der Waals surface area contributed by atoms with E-state index in [0.717, 1.165) is 21.4 Å². The van der Waals surface area contributed by atoms with Crippen molar-refractivity contribution in [3.8, 4) is 0 Å². The van der Waals surface area contributed by atoms with Crippen molar-refractivity contribution in [2.24, 2.45) is 9.36 Å². The van der Waals surface area contributed by atoms with Gasteiger partial charge in [-0.25, -0.2) is 9.36 Å². The highest BCUT2D eigenvalue weighted by Gasteiger charge is 2.07. The molecule has 4 rings (SSSR count). The topological polar surface area (TPSA) is 24.7 Å². The fraction of sp³-hybridized carbons (Fsp3) is 0. The quantitative estimate of drug-likeness (QED) is 0.514. The van der Waals surface area contributed by atoms with Crippen LogP contribution in [-0.4, -0.2) is 5.55 Å². The Hall–Kier alpha value is -2.04. The van der Waals surface area contributed by atoms with E-state index in [9.17, 15) is 0 Å². The average molecular weight is 381 g/mol. The van der Waals surface area contributed by atoms with Gasteiger partial charge in [-0.15, -0.1) is 0 Å². The van der Waals surface area contributed by atoms with Gasteiger partial charge < -0.3 is 0 Å². The highest BCUT2D eigenvalue weighted by molar-refractivity contribution is 9.10. The van der Waals surface area contributed by atoms with Crippen molar-refractivity contribution < 1.29 is 0 Å². The Balaban J connectivity index is 1.66. The molecule has 1 atom stereocenters. The molecule has 4 heteroatoms. The first-order valence-corrected chi connectivity index (χ1v) is 9.32. The van der Waals surface area contributed by atoms with Crippen molar-refractivity contribution in [2.45, 2.75) is 0 Å². The zero-order valence-corrected chi connectivity index (χ0v) is 14.6. The third-order valence-corrected chi connectivity index (χ3v) is 5.35. The zero-order valence-electron chi connectivity index (χ0n) is 12.2. The van der Waals surface area contributed by atoms with Crippen LogP contribution in [0.5, 0.6) is 0 Å². The predicted octanol–water partition coefficient (Wildman–Crippen LogP) is 6.08. The third kappa shape index (κ3) is 3.19. The lowest BCUT2D eigenvalue weighted by atomic mass is 10.1. The summed E-state index contributed by atoms with van der Waals surface area (Å²) in [5.74, 6) is 0. The van der Waals surface area contributed by atoms with Gasteiger partial charge in [-0.05, 0) is 45.7 Å². The monoisotopic (exact) mass is 380 g/mol. The molecule has 1 unspecified atom stereocenters. The fourth-order valence-corrected chi connectivity index (χ4v) is 3.88. The Labute approximate surface area is 145 Å². The van der Waals surface area contributed by atoms with E-state index in [4.69, 9.17) is 4.36 Å². The van der Waals surface area contributed by atoms with Crippen LogP contribution in [0.2, 0.25) is 0 Å². The Morgan fingerprint density at radius 1 is 0.870 bits per heavy atom. The Morgan fingerprint density at radius 2 is 1.65 bits per heavy atom. The summed E-state index contributed by atoms with van der Waals surface area (Å²) in [5.41, 5.74) is 5.03. The second-order valence-corrected chi connectivity index (χ2v) is 7.45. The number of nitrogens with zero attached hydrogens (tertiary/aromatic N) is 2. The van der Waals surface area contributed by atoms with Crippen LogP contribution in [0, 0.1) is 0 Å². The van der Waals surface area contributed by atoms with Crippen LogP contribution in [0.1, 0.15) is 5.56 Å². The number of aliphatic imine (C=N–C) groups is 1. The van der Waals surface area contributed by atoms with Crippen molar-refractivity contribution in [1.29, 1.82) is 0 Å². The molecule has 3 aromatic carbocycles. The molecule has 23 heavy (non-hydrogen) atoms. The second kappa shape index (κ2) is 6.22. The molecular weight excluding hydrogens is 368 g/mol. The summed E-state index contributed by atoms with van der Waals surface area (Å²) in [7, 11) is -0.298. The molecule has 0 radical (unpaired) electrons. The number of fused-ring (bicyclic) bond motifs is 1. The van der Waals surface area contributed by atoms with Gasteiger partial charge in [-0.3, -0.25) is 0 Å². The molecule has 0 N–H and O–H groups in total. The molecule has 0 spiro atoms. The highest BCUT2D eigenvalue weighted by Crippen LogP contribution is 2.26. The van der Waals surface area contributed by atoms with Crippen molar-refractivity contribution in [2.75, 3.05) is 0 Å². The number of rotatable bonds is 2. The van der Waals surface area contributed by atoms with Gasteiger partial charge in [0.1, 0.15) is 0 Å². The van der Waals surface area contributed by atoms with Crippen molar-refractivity contribution in [3.05, 3.63) is 82.2 Å². The molecular formula is C19H13BrN2S. The molecule has 0 saturated carbocycles. The van der Waals surface area contributed by atoms with Gasteiger partial charge in [0.05, 0.1) is 16.9 Å². The van der Waals surface area contributed by atoms with Crippen LogP contribution in [-0.2, 0) is 10.7 Å². The van der Waals surface area contributed by atoms with E-state index in [0.29, 0.717) is 0 Å². The molecule has 0 aromatic heterocycles. The summed E-state index contributed by atoms with van der Waals surface area (Å²) in [4.78, 5) is 4.51. The van der Waals surface area contributed by atoms with Crippen LogP contribution >= 0.6 is 15.9 Å². The smallest absolute Gasteiger partial charge is 0.0785 e. The Morgan fingerprint density at radius 3 is 2.48 bits per heavy atom. The maximum atomic E-state index is 4.79. The SMILES string of the molecule is Brc1ccc(C2=CS(=Nc3ccc4ccccc4c3)C=N2)cc1. The van der Waals surface area contributed by atoms with Gasteiger partial charge in [-0.2, -0.15) is 0 Å². The number of hydrogen-bond donors (Lipinski definition) is 0. The third-order valence-electron chi connectivity index (χ3n) is 3.62. The van der Waals surface area contributed by atoms with E-state index in [1.807, 2.05) is 17.7 Å². The van der Waals surface area contributed by atoms with Gasteiger partial charge >= 0.3 is 0 Å². The largest absolute Gasteiger partial charge is 0.247 e. The van der Waals surface area contributed by atoms with Gasteiger partial charge in [0.15, 0.2) is 0 Å². The molecule has 1 heterocycles. The van der Waals surface area contributed by atoms with E-state index < -0.39 is 0 Å². The van der Waals surface area contributed by atoms with Crippen LogP contribution in [0.15, 0.2) is 86.0 Å². The first-order chi connectivity index (χ1) is 11.3. The summed E-state index contributed by atoms with van der Waals surface area (Å²) in [6, 6.07) is 22.8. The van der Waals surface area contributed by atoms with E-state index in [1.165, 1.54) is 10.8 Å². The highest BCUT2D eigenvalue weighted by atomic mass is 79.9. The molecule has 1 aliphatic rings. The van der Waals surface area contributed by atoms with E-state index >= 15 is 0 Å². The van der Waals surface area contributed by atoms with Gasteiger partial charge in [-0.1, -0.05) is 58.4 Å². The van der Waals surface area contributed by atoms with Crippen molar-refractivity contribution >= 4 is 54.3 Å². The number of benzene rings is 3. The normalized spacial score (nSPS) is 16.9. The van der Waals surface area contributed by atoms with Crippen molar-refractivity contribution in [3.63, 3.8) is 0 Å². The van der Waals surface area contributed by atoms with E-state index in [-0.39, 0.29) is 10.7 Å². The summed E-state index contributed by atoms with van der Waals surface area (Å²) in [6.07, 6.45) is 0. The predicted molar refractivity (Wildman–Crippen MR) is 104 cm³/mol. The minimum absolute atomic E-state index is 0.298. The van der Waals surface area contributed by atoms with Crippen LogP contribution in [0.4, 0.5) is 5.69 Å². The number of hydrogen-bond acceptors (Lipinski definition) is 2. The molecule has 0 bridgehead atoms. The fourth-order valence-electron chi connectivity index (χ4n) is 2.45. The molecule has 0 fully saturated rings. The van der Waals surface area contributed by atoms with E-state index in [1.54, 1.807) is 0 Å². The van der Waals surface area contributed by atoms with Crippen molar-refractivity contribution in [1.82, 2.24) is 0 Å². The maximum Gasteiger partial charge on any atom is 0.0785 e.